The highest BCUT2D eigenvalue weighted by atomic mass is 32.1. The summed E-state index contributed by atoms with van der Waals surface area (Å²) in [7, 11) is 0. The first-order valence-corrected chi connectivity index (χ1v) is 14.4. The minimum Gasteiger partial charge on any atom is -0.491 e. The van der Waals surface area contributed by atoms with Gasteiger partial charge in [0.05, 0.1) is 31.9 Å². The summed E-state index contributed by atoms with van der Waals surface area (Å²) in [5.41, 5.74) is 4.57. The monoisotopic (exact) mass is 536 g/mol. The molecule has 0 saturated heterocycles. The molecular weight excluding hydrogens is 496 g/mol. The zero-order chi connectivity index (χ0) is 26.9. The second-order valence-electron chi connectivity index (χ2n) is 10.1. The Morgan fingerprint density at radius 1 is 1.18 bits per heavy atom. The summed E-state index contributed by atoms with van der Waals surface area (Å²) in [4.78, 5) is 19.0. The van der Waals surface area contributed by atoms with E-state index in [1.807, 2.05) is 46.2 Å². The van der Waals surface area contributed by atoms with Crippen LogP contribution < -0.4 is 4.74 Å². The minimum absolute atomic E-state index is 0.0712. The number of fused-ring (bicyclic) bond motifs is 1. The van der Waals surface area contributed by atoms with E-state index in [1.54, 1.807) is 11.3 Å². The van der Waals surface area contributed by atoms with Crippen molar-refractivity contribution in [1.82, 2.24) is 9.80 Å². The number of hydrogen-bond acceptors (Lipinski definition) is 6. The third kappa shape index (κ3) is 7.67. The van der Waals surface area contributed by atoms with E-state index in [1.165, 1.54) is 16.0 Å². The van der Waals surface area contributed by atoms with Crippen molar-refractivity contribution in [3.8, 4) is 5.75 Å². The zero-order valence-electron chi connectivity index (χ0n) is 22.8. The molecule has 1 amide bonds. The summed E-state index contributed by atoms with van der Waals surface area (Å²) >= 11 is 1.76. The third-order valence-corrected chi connectivity index (χ3v) is 7.93. The van der Waals surface area contributed by atoms with Gasteiger partial charge in [-0.2, -0.15) is 0 Å². The molecule has 1 aliphatic heterocycles. The number of thiophene rings is 1. The van der Waals surface area contributed by atoms with Gasteiger partial charge in [-0.15, -0.1) is 11.3 Å². The fourth-order valence-corrected chi connectivity index (χ4v) is 6.00. The van der Waals surface area contributed by atoms with Gasteiger partial charge in [-0.05, 0) is 67.4 Å². The highest BCUT2D eigenvalue weighted by molar-refractivity contribution is 7.10. The first kappa shape index (κ1) is 28.3. The maximum Gasteiger partial charge on any atom is 0.237 e. The lowest BCUT2D eigenvalue weighted by Crippen LogP contribution is -2.48. The topological polar surface area (TPSA) is 62.2 Å². The smallest absolute Gasteiger partial charge is 0.237 e. The van der Waals surface area contributed by atoms with Crippen molar-refractivity contribution in [2.75, 3.05) is 39.4 Å². The quantitative estimate of drug-likeness (QED) is 0.327. The van der Waals surface area contributed by atoms with Crippen LogP contribution in [0.5, 0.6) is 5.75 Å². The summed E-state index contributed by atoms with van der Waals surface area (Å²) in [5, 5.41) is 12.8. The maximum atomic E-state index is 13.6. The molecule has 2 atom stereocenters. The van der Waals surface area contributed by atoms with Crippen LogP contribution in [0.2, 0.25) is 0 Å². The molecule has 2 aromatic carbocycles. The Balaban J connectivity index is 1.37. The van der Waals surface area contributed by atoms with Crippen LogP contribution in [0.3, 0.4) is 0 Å². The number of benzene rings is 2. The molecule has 7 heteroatoms. The van der Waals surface area contributed by atoms with E-state index < -0.39 is 6.10 Å². The lowest BCUT2D eigenvalue weighted by atomic mass is 10.00. The first-order valence-electron chi connectivity index (χ1n) is 13.5. The fourth-order valence-electron chi connectivity index (χ4n) is 5.08. The van der Waals surface area contributed by atoms with Crippen molar-refractivity contribution < 1.29 is 19.4 Å². The number of nitrogens with zero attached hydrogens (tertiary/aromatic N) is 2. The van der Waals surface area contributed by atoms with E-state index in [4.69, 9.17) is 9.47 Å². The van der Waals surface area contributed by atoms with Gasteiger partial charge in [-0.3, -0.25) is 9.69 Å². The fraction of sp³-hybridized carbons (Fsp3) is 0.452. The Morgan fingerprint density at radius 2 is 2.00 bits per heavy atom. The Kier molecular flexibility index (Phi) is 10.4. The number of hydrogen-bond donors (Lipinski definition) is 1. The summed E-state index contributed by atoms with van der Waals surface area (Å²) in [6.07, 6.45) is 1.10. The molecule has 0 unspecified atom stereocenters. The van der Waals surface area contributed by atoms with Crippen LogP contribution in [0.15, 0.2) is 60.0 Å². The maximum absolute atomic E-state index is 13.6. The van der Waals surface area contributed by atoms with Crippen LogP contribution in [-0.4, -0.2) is 66.3 Å². The summed E-state index contributed by atoms with van der Waals surface area (Å²) < 4.78 is 12.0. The van der Waals surface area contributed by atoms with Crippen LogP contribution in [0.4, 0.5) is 0 Å². The summed E-state index contributed by atoms with van der Waals surface area (Å²) in [6.45, 7) is 9.42. The van der Waals surface area contributed by atoms with Crippen LogP contribution in [-0.2, 0) is 22.6 Å². The lowest BCUT2D eigenvalue weighted by Gasteiger charge is -2.37. The number of rotatable bonds is 13. The van der Waals surface area contributed by atoms with E-state index in [2.05, 4.69) is 44.4 Å². The van der Waals surface area contributed by atoms with Crippen molar-refractivity contribution in [3.63, 3.8) is 0 Å². The Bertz CT molecular complexity index is 1170. The van der Waals surface area contributed by atoms with Gasteiger partial charge in [0.1, 0.15) is 12.4 Å². The largest absolute Gasteiger partial charge is 0.491 e. The zero-order valence-corrected chi connectivity index (χ0v) is 23.6. The molecule has 6 nitrogen and oxygen atoms in total. The van der Waals surface area contributed by atoms with Gasteiger partial charge in [-0.1, -0.05) is 55.0 Å². The third-order valence-electron chi connectivity index (χ3n) is 6.93. The highest BCUT2D eigenvalue weighted by Crippen LogP contribution is 2.34. The Hall–Kier alpha value is -2.71. The molecule has 38 heavy (non-hydrogen) atoms. The van der Waals surface area contributed by atoms with Crippen LogP contribution in [0.25, 0.3) is 0 Å². The van der Waals surface area contributed by atoms with Crippen LogP contribution in [0, 0.1) is 13.8 Å². The average Bonchev–Trinajstić information content (AvgIpc) is 3.38. The number of amides is 1. The van der Waals surface area contributed by atoms with Crippen molar-refractivity contribution in [2.24, 2.45) is 0 Å². The predicted molar refractivity (Wildman–Crippen MR) is 153 cm³/mol. The number of aliphatic hydroxyl groups excluding tert-OH is 1. The molecule has 0 fully saturated rings. The summed E-state index contributed by atoms with van der Waals surface area (Å²) in [5.74, 6) is 0.929. The van der Waals surface area contributed by atoms with E-state index in [9.17, 15) is 9.90 Å². The summed E-state index contributed by atoms with van der Waals surface area (Å²) in [6, 6.07) is 18.1. The van der Waals surface area contributed by atoms with Gasteiger partial charge in [0, 0.05) is 18.0 Å². The molecule has 0 saturated carbocycles. The molecule has 0 aliphatic carbocycles. The van der Waals surface area contributed by atoms with Crippen molar-refractivity contribution in [3.05, 3.63) is 87.1 Å². The van der Waals surface area contributed by atoms with Crippen molar-refractivity contribution >= 4 is 17.2 Å². The van der Waals surface area contributed by atoms with Gasteiger partial charge in [0.2, 0.25) is 5.91 Å². The number of aliphatic hydroxyl groups is 1. The van der Waals surface area contributed by atoms with E-state index in [0.29, 0.717) is 26.3 Å². The Morgan fingerprint density at radius 3 is 2.76 bits per heavy atom. The SMILES string of the molecule is CCCN(CC(=O)N1CCc2sccc2[C@@H]1COc1ccc(C)cc1C)C[C@@H](O)COCc1ccccc1. The average molecular weight is 537 g/mol. The van der Waals surface area contributed by atoms with E-state index >= 15 is 0 Å². The molecule has 0 radical (unpaired) electrons. The van der Waals surface area contributed by atoms with Crippen molar-refractivity contribution in [2.45, 2.75) is 52.4 Å². The molecule has 2 heterocycles. The predicted octanol–water partition coefficient (Wildman–Crippen LogP) is 5.16. The molecule has 0 spiro atoms. The van der Waals surface area contributed by atoms with Gasteiger partial charge >= 0.3 is 0 Å². The molecule has 1 N–H and O–H groups in total. The molecule has 1 aromatic heterocycles. The molecule has 3 aromatic rings. The highest BCUT2D eigenvalue weighted by Gasteiger charge is 2.33. The van der Waals surface area contributed by atoms with Gasteiger partial charge in [0.15, 0.2) is 0 Å². The number of ether oxygens (including phenoxy) is 2. The number of carbonyl (C=O) groups excluding carboxylic acids is 1. The Labute approximate surface area is 230 Å². The second kappa shape index (κ2) is 13.9. The molecule has 4 rings (SSSR count). The second-order valence-corrected chi connectivity index (χ2v) is 11.1. The van der Waals surface area contributed by atoms with Crippen LogP contribution >= 0.6 is 11.3 Å². The lowest BCUT2D eigenvalue weighted by molar-refractivity contribution is -0.136. The van der Waals surface area contributed by atoms with Crippen molar-refractivity contribution in [1.29, 1.82) is 0 Å². The minimum atomic E-state index is -0.661. The van der Waals surface area contributed by atoms with E-state index in [-0.39, 0.29) is 25.1 Å². The molecule has 0 bridgehead atoms. The molecular formula is C31H40N2O4S. The standard InChI is InChI=1S/C31H40N2O4S/c1-4-14-32(18-26(34)21-36-20-25-8-6-5-7-9-25)19-31(35)33-15-12-30-27(13-16-38-30)28(33)22-37-29-11-10-23(2)17-24(29)3/h5-11,13,16-17,26,28,34H,4,12,14-15,18-22H2,1-3H3/t26-,28+/m1/s1. The molecule has 1 aliphatic rings. The molecule has 204 valence electrons. The van der Waals surface area contributed by atoms with Gasteiger partial charge in [-0.25, -0.2) is 0 Å². The van der Waals surface area contributed by atoms with Gasteiger partial charge < -0.3 is 19.5 Å². The first-order chi connectivity index (χ1) is 18.4. The van der Waals surface area contributed by atoms with E-state index in [0.717, 1.165) is 36.3 Å². The number of aryl methyl sites for hydroxylation is 2. The normalized spacial score (nSPS) is 15.9. The van der Waals surface area contributed by atoms with Crippen LogP contribution in [0.1, 0.15) is 46.5 Å². The number of carbonyl (C=O) groups is 1. The van der Waals surface area contributed by atoms with Gasteiger partial charge in [0.25, 0.3) is 0 Å².